The third kappa shape index (κ3) is 5.02. The molecule has 0 bridgehead atoms. The van der Waals surface area contributed by atoms with Crippen molar-refractivity contribution < 1.29 is 14.0 Å². The number of nitrogens with zero attached hydrogens (tertiary/aromatic N) is 2. The maximum absolute atomic E-state index is 13.5. The lowest BCUT2D eigenvalue weighted by Crippen LogP contribution is -2.45. The van der Waals surface area contributed by atoms with Crippen LogP contribution >= 0.6 is 0 Å². The number of hydrogen-bond donors (Lipinski definition) is 1. The van der Waals surface area contributed by atoms with E-state index in [1.807, 2.05) is 31.2 Å². The Hall–Kier alpha value is -3.41. The molecule has 0 saturated heterocycles. The number of rotatable bonds is 7. The van der Waals surface area contributed by atoms with Crippen LogP contribution in [0.2, 0.25) is 0 Å². The lowest BCUT2D eigenvalue weighted by atomic mass is 10.0. The van der Waals surface area contributed by atoms with Gasteiger partial charge in [0.1, 0.15) is 6.04 Å². The van der Waals surface area contributed by atoms with E-state index < -0.39 is 6.04 Å². The number of pyridine rings is 1. The van der Waals surface area contributed by atoms with Crippen LogP contribution in [0.1, 0.15) is 59.0 Å². The predicted molar refractivity (Wildman–Crippen MR) is 117 cm³/mol. The van der Waals surface area contributed by atoms with Gasteiger partial charge in [-0.2, -0.15) is 0 Å². The number of hydrogen-bond acceptors (Lipinski definition) is 4. The van der Waals surface area contributed by atoms with E-state index in [0.29, 0.717) is 0 Å². The monoisotopic (exact) mass is 417 g/mol. The molecular formula is C25H27N3O3. The molecule has 1 aromatic carbocycles. The van der Waals surface area contributed by atoms with Crippen LogP contribution in [0.15, 0.2) is 71.6 Å². The van der Waals surface area contributed by atoms with Crippen LogP contribution in [0.5, 0.6) is 0 Å². The van der Waals surface area contributed by atoms with Gasteiger partial charge in [0, 0.05) is 25.0 Å². The van der Waals surface area contributed by atoms with Gasteiger partial charge in [-0.15, -0.1) is 0 Å². The molecule has 3 aromatic rings. The van der Waals surface area contributed by atoms with Gasteiger partial charge in [-0.3, -0.25) is 14.6 Å². The first-order valence-electron chi connectivity index (χ1n) is 10.7. The molecule has 2 amide bonds. The molecule has 6 nitrogen and oxygen atoms in total. The summed E-state index contributed by atoms with van der Waals surface area (Å²) in [4.78, 5) is 32.6. The molecular weight excluding hydrogens is 390 g/mol. The van der Waals surface area contributed by atoms with Crippen LogP contribution in [0, 0.1) is 6.92 Å². The maximum atomic E-state index is 13.5. The summed E-state index contributed by atoms with van der Waals surface area (Å²) in [6.45, 7) is 2.30. The highest BCUT2D eigenvalue weighted by molar-refractivity contribution is 5.96. The number of benzene rings is 1. The second kappa shape index (κ2) is 9.60. The largest absolute Gasteiger partial charge is 0.459 e. The molecule has 31 heavy (non-hydrogen) atoms. The summed E-state index contributed by atoms with van der Waals surface area (Å²) in [7, 11) is 0. The Balaban J connectivity index is 1.71. The zero-order valence-electron chi connectivity index (χ0n) is 17.7. The fourth-order valence-electron chi connectivity index (χ4n) is 4.08. The van der Waals surface area contributed by atoms with Crippen LogP contribution < -0.4 is 5.32 Å². The molecule has 0 aliphatic heterocycles. The van der Waals surface area contributed by atoms with Crippen LogP contribution in [0.4, 0.5) is 0 Å². The number of amides is 2. The Morgan fingerprint density at radius 1 is 1.10 bits per heavy atom. The second-order valence-electron chi connectivity index (χ2n) is 8.07. The van der Waals surface area contributed by atoms with Gasteiger partial charge in [-0.05, 0) is 55.2 Å². The second-order valence-corrected chi connectivity index (χ2v) is 8.07. The Morgan fingerprint density at radius 3 is 2.45 bits per heavy atom. The SMILES string of the molecule is Cc1ccc(CN(C(=O)c2ccco2)C(C(=O)NC2CCCC2)c2ccncc2)cc1. The first-order valence-corrected chi connectivity index (χ1v) is 10.7. The molecule has 1 fully saturated rings. The highest BCUT2D eigenvalue weighted by Crippen LogP contribution is 2.27. The van der Waals surface area contributed by atoms with Gasteiger partial charge in [-0.25, -0.2) is 0 Å². The molecule has 4 rings (SSSR count). The molecule has 6 heteroatoms. The van der Waals surface area contributed by atoms with Gasteiger partial charge in [-0.1, -0.05) is 42.7 Å². The third-order valence-corrected chi connectivity index (χ3v) is 5.75. The first-order chi connectivity index (χ1) is 15.1. The summed E-state index contributed by atoms with van der Waals surface area (Å²) in [5.74, 6) is -0.293. The Bertz CT molecular complexity index is 994. The Labute approximate surface area is 182 Å². The minimum Gasteiger partial charge on any atom is -0.459 e. The summed E-state index contributed by atoms with van der Waals surface area (Å²) in [5, 5.41) is 3.17. The molecule has 1 aliphatic rings. The van der Waals surface area contributed by atoms with E-state index in [1.165, 1.54) is 6.26 Å². The van der Waals surface area contributed by atoms with Gasteiger partial charge in [0.05, 0.1) is 6.26 Å². The summed E-state index contributed by atoms with van der Waals surface area (Å²) in [6.07, 6.45) is 8.93. The normalized spacial score (nSPS) is 14.9. The molecule has 0 radical (unpaired) electrons. The molecule has 2 aromatic heterocycles. The molecule has 1 unspecified atom stereocenters. The van der Waals surface area contributed by atoms with Gasteiger partial charge in [0.15, 0.2) is 5.76 Å². The van der Waals surface area contributed by atoms with Crippen LogP contribution in [-0.2, 0) is 11.3 Å². The van der Waals surface area contributed by atoms with Gasteiger partial charge < -0.3 is 14.6 Å². The Morgan fingerprint density at radius 2 is 1.81 bits per heavy atom. The van der Waals surface area contributed by atoms with E-state index in [1.54, 1.807) is 41.6 Å². The summed E-state index contributed by atoms with van der Waals surface area (Å²) in [6, 6.07) is 14.2. The average Bonchev–Trinajstić information content (AvgIpc) is 3.49. The van der Waals surface area contributed by atoms with Crippen molar-refractivity contribution in [3.05, 3.63) is 89.6 Å². The van der Waals surface area contributed by atoms with Crippen LogP contribution in [0.25, 0.3) is 0 Å². The predicted octanol–water partition coefficient (Wildman–Crippen LogP) is 4.43. The van der Waals surface area contributed by atoms with E-state index in [0.717, 1.165) is 42.4 Å². The van der Waals surface area contributed by atoms with Crippen molar-refractivity contribution in [2.24, 2.45) is 0 Å². The molecule has 160 valence electrons. The van der Waals surface area contributed by atoms with Gasteiger partial charge in [0.2, 0.25) is 5.91 Å². The van der Waals surface area contributed by atoms with E-state index in [2.05, 4.69) is 10.3 Å². The molecule has 1 saturated carbocycles. The highest BCUT2D eigenvalue weighted by Gasteiger charge is 2.34. The minimum atomic E-state index is -0.789. The maximum Gasteiger partial charge on any atom is 0.290 e. The first kappa shape index (κ1) is 20.8. The lowest BCUT2D eigenvalue weighted by Gasteiger charge is -2.31. The van der Waals surface area contributed by atoms with Crippen molar-refractivity contribution in [1.82, 2.24) is 15.2 Å². The molecule has 2 heterocycles. The van der Waals surface area contributed by atoms with Crippen molar-refractivity contribution >= 4 is 11.8 Å². The number of aryl methyl sites for hydroxylation is 1. The zero-order chi connectivity index (χ0) is 21.6. The average molecular weight is 418 g/mol. The van der Waals surface area contributed by atoms with E-state index >= 15 is 0 Å². The number of furan rings is 1. The van der Waals surface area contributed by atoms with E-state index in [4.69, 9.17) is 4.42 Å². The van der Waals surface area contributed by atoms with Crippen molar-refractivity contribution in [2.75, 3.05) is 0 Å². The van der Waals surface area contributed by atoms with Crippen molar-refractivity contribution in [1.29, 1.82) is 0 Å². The van der Waals surface area contributed by atoms with Gasteiger partial charge in [0.25, 0.3) is 5.91 Å². The Kier molecular flexibility index (Phi) is 6.46. The lowest BCUT2D eigenvalue weighted by molar-refractivity contribution is -0.126. The van der Waals surface area contributed by atoms with Gasteiger partial charge >= 0.3 is 0 Å². The topological polar surface area (TPSA) is 75.4 Å². The van der Waals surface area contributed by atoms with Crippen molar-refractivity contribution in [2.45, 2.75) is 51.2 Å². The number of carbonyl (C=O) groups is 2. The van der Waals surface area contributed by atoms with Crippen LogP contribution in [-0.4, -0.2) is 27.7 Å². The molecule has 1 aliphatic carbocycles. The number of carbonyl (C=O) groups excluding carboxylic acids is 2. The summed E-state index contributed by atoms with van der Waals surface area (Å²) < 4.78 is 5.40. The molecule has 0 spiro atoms. The van der Waals surface area contributed by atoms with E-state index in [9.17, 15) is 9.59 Å². The van der Waals surface area contributed by atoms with Crippen LogP contribution in [0.3, 0.4) is 0 Å². The molecule has 1 N–H and O–H groups in total. The standard InChI is InChI=1S/C25H27N3O3/c1-18-8-10-19(11-9-18)17-28(25(30)22-7-4-16-31-22)23(20-12-14-26-15-13-20)24(29)27-21-5-2-3-6-21/h4,7-16,21,23H,2-3,5-6,17H2,1H3,(H,27,29). The third-order valence-electron chi connectivity index (χ3n) is 5.75. The number of aromatic nitrogens is 1. The summed E-state index contributed by atoms with van der Waals surface area (Å²) in [5.41, 5.74) is 2.80. The van der Waals surface area contributed by atoms with E-state index in [-0.39, 0.29) is 30.2 Å². The smallest absolute Gasteiger partial charge is 0.290 e. The zero-order valence-corrected chi connectivity index (χ0v) is 17.7. The van der Waals surface area contributed by atoms with Crippen molar-refractivity contribution in [3.8, 4) is 0 Å². The number of nitrogens with one attached hydrogen (secondary N) is 1. The minimum absolute atomic E-state index is 0.150. The highest BCUT2D eigenvalue weighted by atomic mass is 16.3. The van der Waals surface area contributed by atoms with Crippen molar-refractivity contribution in [3.63, 3.8) is 0 Å². The quantitative estimate of drug-likeness (QED) is 0.617. The fourth-order valence-corrected chi connectivity index (χ4v) is 4.08. The fraction of sp³-hybridized carbons (Fsp3) is 0.320. The molecule has 1 atom stereocenters. The summed E-state index contributed by atoms with van der Waals surface area (Å²) >= 11 is 0.